The van der Waals surface area contributed by atoms with Gasteiger partial charge in [-0.3, -0.25) is 9.80 Å². The van der Waals surface area contributed by atoms with Gasteiger partial charge in [0.25, 0.3) is 0 Å². The lowest BCUT2D eigenvalue weighted by Crippen LogP contribution is -2.55. The summed E-state index contributed by atoms with van der Waals surface area (Å²) in [6.45, 7) is 9.46. The van der Waals surface area contributed by atoms with Crippen LogP contribution >= 0.6 is 0 Å². The van der Waals surface area contributed by atoms with E-state index in [0.29, 0.717) is 18.7 Å². The topological polar surface area (TPSA) is 35.9 Å². The van der Waals surface area contributed by atoms with E-state index in [-0.39, 0.29) is 6.61 Å². The smallest absolute Gasteiger partial charge is 0.119 e. The second-order valence-corrected chi connectivity index (χ2v) is 7.65. The van der Waals surface area contributed by atoms with Gasteiger partial charge in [-0.05, 0) is 43.5 Å². The quantitative estimate of drug-likeness (QED) is 0.773. The lowest BCUT2D eigenvalue weighted by Gasteiger charge is -2.43. The molecule has 3 rings (SSSR count). The van der Waals surface area contributed by atoms with Crippen LogP contribution < -0.4 is 4.74 Å². The van der Waals surface area contributed by atoms with Crippen LogP contribution in [0.1, 0.15) is 31.4 Å². The number of piperazine rings is 1. The Morgan fingerprint density at radius 2 is 1.74 bits per heavy atom. The summed E-state index contributed by atoms with van der Waals surface area (Å²) in [4.78, 5) is 5.02. The predicted molar refractivity (Wildman–Crippen MR) is 110 cm³/mol. The van der Waals surface area contributed by atoms with Gasteiger partial charge in [-0.1, -0.05) is 42.5 Å². The minimum atomic E-state index is 0.259. The molecule has 0 spiro atoms. The molecule has 1 aliphatic rings. The largest absolute Gasteiger partial charge is 0.489 e. The summed E-state index contributed by atoms with van der Waals surface area (Å²) in [6.07, 6.45) is 0.848. The molecule has 0 amide bonds. The Balaban J connectivity index is 1.52. The van der Waals surface area contributed by atoms with E-state index in [1.54, 1.807) is 0 Å². The van der Waals surface area contributed by atoms with Crippen LogP contribution in [-0.4, -0.2) is 53.2 Å². The van der Waals surface area contributed by atoms with Crippen LogP contribution in [-0.2, 0) is 13.2 Å². The molecule has 2 aromatic rings. The number of aliphatic hydroxyl groups excluding tert-OH is 1. The van der Waals surface area contributed by atoms with Gasteiger partial charge in [-0.2, -0.15) is 0 Å². The van der Waals surface area contributed by atoms with Crippen molar-refractivity contribution in [2.75, 3.05) is 26.2 Å². The first-order valence-electron chi connectivity index (χ1n) is 10.0. The molecule has 27 heavy (non-hydrogen) atoms. The lowest BCUT2D eigenvalue weighted by atomic mass is 10.1. The highest BCUT2D eigenvalue weighted by Crippen LogP contribution is 2.20. The van der Waals surface area contributed by atoms with Crippen LogP contribution in [0.3, 0.4) is 0 Å². The number of hydrogen-bond donors (Lipinski definition) is 1. The first-order valence-corrected chi connectivity index (χ1v) is 10.0. The molecule has 2 aromatic carbocycles. The van der Waals surface area contributed by atoms with Crippen molar-refractivity contribution in [3.63, 3.8) is 0 Å². The van der Waals surface area contributed by atoms with E-state index in [1.165, 1.54) is 11.1 Å². The monoisotopic (exact) mass is 368 g/mol. The van der Waals surface area contributed by atoms with E-state index in [4.69, 9.17) is 4.74 Å². The number of benzene rings is 2. The van der Waals surface area contributed by atoms with Gasteiger partial charge in [0, 0.05) is 44.9 Å². The first kappa shape index (κ1) is 19.9. The zero-order chi connectivity index (χ0) is 19.1. The Bertz CT molecular complexity index is 673. The zero-order valence-corrected chi connectivity index (χ0v) is 16.6. The summed E-state index contributed by atoms with van der Waals surface area (Å²) < 4.78 is 5.88. The van der Waals surface area contributed by atoms with Crippen LogP contribution in [0, 0.1) is 0 Å². The van der Waals surface area contributed by atoms with Gasteiger partial charge in [0.15, 0.2) is 0 Å². The van der Waals surface area contributed by atoms with E-state index in [9.17, 15) is 5.11 Å². The lowest BCUT2D eigenvalue weighted by molar-refractivity contribution is 0.0349. The first-order chi connectivity index (χ1) is 13.2. The second kappa shape index (κ2) is 9.88. The fourth-order valence-corrected chi connectivity index (χ4v) is 3.85. The Hall–Kier alpha value is -1.88. The molecule has 0 aliphatic carbocycles. The Morgan fingerprint density at radius 3 is 2.41 bits per heavy atom. The molecule has 1 atom stereocenters. The van der Waals surface area contributed by atoms with Crippen molar-refractivity contribution in [3.05, 3.63) is 65.7 Å². The molecule has 4 heteroatoms. The van der Waals surface area contributed by atoms with Crippen molar-refractivity contribution in [1.82, 2.24) is 9.80 Å². The highest BCUT2D eigenvalue weighted by atomic mass is 16.5. The number of hydrogen-bond acceptors (Lipinski definition) is 4. The molecule has 1 aliphatic heterocycles. The maximum atomic E-state index is 9.40. The van der Waals surface area contributed by atoms with Crippen LogP contribution in [0.4, 0.5) is 0 Å². The maximum Gasteiger partial charge on any atom is 0.119 e. The van der Waals surface area contributed by atoms with Crippen molar-refractivity contribution in [3.8, 4) is 5.75 Å². The molecule has 1 saturated heterocycles. The Labute approximate surface area is 163 Å². The molecule has 0 radical (unpaired) electrons. The molecule has 1 fully saturated rings. The third-order valence-corrected chi connectivity index (χ3v) is 5.32. The molecule has 1 N–H and O–H groups in total. The average Bonchev–Trinajstić information content (AvgIpc) is 2.68. The number of aliphatic hydroxyl groups is 1. The minimum Gasteiger partial charge on any atom is -0.489 e. The average molecular weight is 369 g/mol. The third kappa shape index (κ3) is 5.80. The van der Waals surface area contributed by atoms with Gasteiger partial charge in [0.1, 0.15) is 12.4 Å². The summed E-state index contributed by atoms with van der Waals surface area (Å²) in [5.41, 5.74) is 2.49. The maximum absolute atomic E-state index is 9.40. The van der Waals surface area contributed by atoms with Gasteiger partial charge < -0.3 is 9.84 Å². The van der Waals surface area contributed by atoms with Crippen molar-refractivity contribution in [1.29, 1.82) is 0 Å². The molecule has 1 heterocycles. The fourth-order valence-electron chi connectivity index (χ4n) is 3.85. The van der Waals surface area contributed by atoms with E-state index in [2.05, 4.69) is 60.0 Å². The predicted octanol–water partition coefficient (Wildman–Crippen LogP) is 3.54. The van der Waals surface area contributed by atoms with Crippen LogP contribution in [0.5, 0.6) is 5.75 Å². The van der Waals surface area contributed by atoms with Crippen LogP contribution in [0.15, 0.2) is 54.6 Å². The number of nitrogens with zero attached hydrogens (tertiary/aromatic N) is 2. The van der Waals surface area contributed by atoms with Crippen LogP contribution in [0.25, 0.3) is 0 Å². The van der Waals surface area contributed by atoms with Gasteiger partial charge in [0.05, 0.1) is 0 Å². The summed E-state index contributed by atoms with van der Waals surface area (Å²) >= 11 is 0. The van der Waals surface area contributed by atoms with E-state index in [1.807, 2.05) is 18.2 Å². The summed E-state index contributed by atoms with van der Waals surface area (Å²) in [7, 11) is 0. The van der Waals surface area contributed by atoms with Gasteiger partial charge in [0.2, 0.25) is 0 Å². The van der Waals surface area contributed by atoms with Crippen molar-refractivity contribution in [2.24, 2.45) is 0 Å². The van der Waals surface area contributed by atoms with E-state index in [0.717, 1.165) is 38.3 Å². The molecule has 4 nitrogen and oxygen atoms in total. The summed E-state index contributed by atoms with van der Waals surface area (Å²) in [6, 6.07) is 19.7. The van der Waals surface area contributed by atoms with E-state index >= 15 is 0 Å². The molecular weight excluding hydrogens is 336 g/mol. The third-order valence-electron chi connectivity index (χ3n) is 5.32. The Morgan fingerprint density at radius 1 is 1.00 bits per heavy atom. The van der Waals surface area contributed by atoms with Crippen LogP contribution in [0.2, 0.25) is 0 Å². The molecule has 146 valence electrons. The number of rotatable bonds is 8. The SMILES string of the molecule is CC(C)N1CCN(Cc2ccc(OCc3ccccc3)cc2)C[C@H]1CCO. The second-order valence-electron chi connectivity index (χ2n) is 7.65. The summed E-state index contributed by atoms with van der Waals surface area (Å²) in [5, 5.41) is 9.40. The van der Waals surface area contributed by atoms with Gasteiger partial charge in [-0.25, -0.2) is 0 Å². The van der Waals surface area contributed by atoms with E-state index < -0.39 is 0 Å². The molecule has 0 unspecified atom stereocenters. The normalized spacial score (nSPS) is 18.7. The van der Waals surface area contributed by atoms with Gasteiger partial charge >= 0.3 is 0 Å². The van der Waals surface area contributed by atoms with Crippen molar-refractivity contribution >= 4 is 0 Å². The molecule has 0 bridgehead atoms. The van der Waals surface area contributed by atoms with Crippen molar-refractivity contribution in [2.45, 2.75) is 45.5 Å². The zero-order valence-electron chi connectivity index (χ0n) is 16.6. The highest BCUT2D eigenvalue weighted by molar-refractivity contribution is 5.28. The molecular formula is C23H32N2O2. The molecule has 0 saturated carbocycles. The Kier molecular flexibility index (Phi) is 7.27. The standard InChI is InChI=1S/C23H32N2O2/c1-19(2)25-14-13-24(17-22(25)12-15-26)16-20-8-10-23(11-9-20)27-18-21-6-4-3-5-7-21/h3-11,19,22,26H,12-18H2,1-2H3/t22-/m1/s1. The van der Waals surface area contributed by atoms with Gasteiger partial charge in [-0.15, -0.1) is 0 Å². The minimum absolute atomic E-state index is 0.259. The molecule has 0 aromatic heterocycles. The van der Waals surface area contributed by atoms with Crippen molar-refractivity contribution < 1.29 is 9.84 Å². The summed E-state index contributed by atoms with van der Waals surface area (Å²) in [5.74, 6) is 0.908. The fraction of sp³-hybridized carbons (Fsp3) is 0.478. The number of ether oxygens (including phenoxy) is 1. The highest BCUT2D eigenvalue weighted by Gasteiger charge is 2.28.